The molecule has 0 radical (unpaired) electrons. The van der Waals surface area contributed by atoms with Crippen molar-refractivity contribution in [2.75, 3.05) is 5.32 Å². The maximum absolute atomic E-state index is 12.6. The highest BCUT2D eigenvalue weighted by Gasteiger charge is 2.16. The molecule has 32 heavy (non-hydrogen) atoms. The molecule has 4 rings (SSSR count). The van der Waals surface area contributed by atoms with E-state index in [4.69, 9.17) is 4.42 Å². The second-order valence-corrected chi connectivity index (χ2v) is 9.39. The van der Waals surface area contributed by atoms with E-state index in [1.807, 2.05) is 12.1 Å². The predicted molar refractivity (Wildman–Crippen MR) is 120 cm³/mol. The van der Waals surface area contributed by atoms with Gasteiger partial charge < -0.3 is 9.73 Å². The van der Waals surface area contributed by atoms with Crippen molar-refractivity contribution in [2.24, 2.45) is 0 Å². The molecule has 0 aliphatic rings. The lowest BCUT2D eigenvalue weighted by molar-refractivity contribution is 0.102. The van der Waals surface area contributed by atoms with Gasteiger partial charge in [-0.3, -0.25) is 9.89 Å². The number of rotatable bonds is 9. The van der Waals surface area contributed by atoms with E-state index in [-0.39, 0.29) is 17.3 Å². The number of carbonyl (C=O) groups excluding carboxylic acids is 1. The fraction of sp³-hybridized carbons (Fsp3) is 0.0952. The van der Waals surface area contributed by atoms with Gasteiger partial charge in [0, 0.05) is 17.0 Å². The summed E-state index contributed by atoms with van der Waals surface area (Å²) in [6.07, 6.45) is 2.92. The van der Waals surface area contributed by atoms with Crippen molar-refractivity contribution in [3.05, 3.63) is 90.1 Å². The molecule has 0 bridgehead atoms. The Labute approximate surface area is 188 Å². The fourth-order valence-electron chi connectivity index (χ4n) is 2.77. The van der Waals surface area contributed by atoms with Crippen LogP contribution in [0, 0.1) is 0 Å². The number of hydrogen-bond acceptors (Lipinski definition) is 7. The molecule has 1 amide bonds. The Balaban J connectivity index is 1.37. The Hall–Kier alpha value is -3.41. The molecule has 4 aromatic rings. The Morgan fingerprint density at radius 1 is 1.09 bits per heavy atom. The molecule has 0 saturated carbocycles. The summed E-state index contributed by atoms with van der Waals surface area (Å²) in [5.74, 6) is 0.848. The molecular weight excluding hydrogens is 450 g/mol. The average molecular weight is 470 g/mol. The molecule has 164 valence electrons. The van der Waals surface area contributed by atoms with Crippen LogP contribution in [0.4, 0.5) is 5.69 Å². The number of furan rings is 1. The van der Waals surface area contributed by atoms with Crippen LogP contribution in [0.2, 0.25) is 0 Å². The quantitative estimate of drug-likeness (QED) is 0.320. The van der Waals surface area contributed by atoms with Gasteiger partial charge in [-0.2, -0.15) is 5.10 Å². The summed E-state index contributed by atoms with van der Waals surface area (Å²) in [6.45, 7) is 0.0347. The molecular formula is C21H19N5O4S2. The van der Waals surface area contributed by atoms with E-state index in [0.717, 1.165) is 10.7 Å². The van der Waals surface area contributed by atoms with E-state index in [2.05, 4.69) is 25.2 Å². The molecule has 2 aromatic heterocycles. The molecule has 9 nitrogen and oxygen atoms in total. The van der Waals surface area contributed by atoms with Gasteiger partial charge in [-0.05, 0) is 48.0 Å². The molecule has 0 saturated heterocycles. The summed E-state index contributed by atoms with van der Waals surface area (Å²) in [4.78, 5) is 16.7. The standard InChI is InChI=1S/C21H19N5O4S2/c27-20(16-8-6-15(7-9-16)13-31-21-22-14-23-26-21)25-17-3-1-5-19(11-17)32(28,29)24-12-18-4-2-10-30-18/h1-11,14,24H,12-13H2,(H,25,27)(H,22,23,26). The lowest BCUT2D eigenvalue weighted by Crippen LogP contribution is -2.23. The van der Waals surface area contributed by atoms with Crippen molar-refractivity contribution in [1.82, 2.24) is 19.9 Å². The lowest BCUT2D eigenvalue weighted by Gasteiger charge is -2.09. The van der Waals surface area contributed by atoms with Crippen LogP contribution in [0.15, 0.2) is 87.7 Å². The molecule has 0 aliphatic heterocycles. The highest BCUT2D eigenvalue weighted by Crippen LogP contribution is 2.20. The number of benzene rings is 2. The van der Waals surface area contributed by atoms with Gasteiger partial charge in [-0.15, -0.1) is 0 Å². The molecule has 0 fully saturated rings. The van der Waals surface area contributed by atoms with E-state index >= 15 is 0 Å². The first-order valence-corrected chi connectivity index (χ1v) is 12.0. The molecule has 2 aromatic carbocycles. The third-order valence-electron chi connectivity index (χ3n) is 4.40. The van der Waals surface area contributed by atoms with Crippen LogP contribution >= 0.6 is 11.8 Å². The van der Waals surface area contributed by atoms with Crippen LogP contribution in [0.1, 0.15) is 21.7 Å². The van der Waals surface area contributed by atoms with Gasteiger partial charge in [0.1, 0.15) is 12.1 Å². The van der Waals surface area contributed by atoms with Crippen molar-refractivity contribution < 1.29 is 17.6 Å². The maximum atomic E-state index is 12.6. The summed E-state index contributed by atoms with van der Waals surface area (Å²) < 4.78 is 32.7. The Kier molecular flexibility index (Phi) is 6.69. The van der Waals surface area contributed by atoms with E-state index in [9.17, 15) is 13.2 Å². The minimum absolute atomic E-state index is 0.0347. The molecule has 0 aliphatic carbocycles. The van der Waals surface area contributed by atoms with Crippen LogP contribution < -0.4 is 10.0 Å². The minimum atomic E-state index is -3.77. The number of aromatic nitrogens is 3. The Morgan fingerprint density at radius 2 is 1.94 bits per heavy atom. The highest BCUT2D eigenvalue weighted by atomic mass is 32.2. The number of sulfonamides is 1. The monoisotopic (exact) mass is 469 g/mol. The van der Waals surface area contributed by atoms with Crippen molar-refractivity contribution in [1.29, 1.82) is 0 Å². The Bertz CT molecular complexity index is 1270. The second-order valence-electron chi connectivity index (χ2n) is 6.66. The van der Waals surface area contributed by atoms with Crippen LogP contribution in [-0.4, -0.2) is 29.5 Å². The number of aromatic amines is 1. The molecule has 0 spiro atoms. The number of nitrogens with one attached hydrogen (secondary N) is 3. The smallest absolute Gasteiger partial charge is 0.255 e. The number of nitrogens with zero attached hydrogens (tertiary/aromatic N) is 2. The third-order valence-corrected chi connectivity index (χ3v) is 6.75. The van der Waals surface area contributed by atoms with Gasteiger partial charge in [-0.25, -0.2) is 18.1 Å². The normalized spacial score (nSPS) is 11.4. The van der Waals surface area contributed by atoms with E-state index < -0.39 is 10.0 Å². The summed E-state index contributed by atoms with van der Waals surface area (Å²) in [5.41, 5.74) is 1.86. The van der Waals surface area contributed by atoms with Crippen molar-refractivity contribution in [3.8, 4) is 0 Å². The second kappa shape index (κ2) is 9.81. The number of carbonyl (C=O) groups is 1. The molecule has 0 unspecified atom stereocenters. The number of hydrogen-bond donors (Lipinski definition) is 3. The maximum Gasteiger partial charge on any atom is 0.255 e. The van der Waals surface area contributed by atoms with E-state index in [1.54, 1.807) is 36.4 Å². The van der Waals surface area contributed by atoms with Crippen molar-refractivity contribution in [3.63, 3.8) is 0 Å². The van der Waals surface area contributed by atoms with E-state index in [1.165, 1.54) is 36.5 Å². The van der Waals surface area contributed by atoms with Crippen LogP contribution in [0.3, 0.4) is 0 Å². The van der Waals surface area contributed by atoms with Crippen molar-refractivity contribution >= 4 is 33.4 Å². The van der Waals surface area contributed by atoms with Gasteiger partial charge in [0.15, 0.2) is 5.16 Å². The zero-order valence-electron chi connectivity index (χ0n) is 16.7. The lowest BCUT2D eigenvalue weighted by atomic mass is 10.1. The molecule has 0 atom stereocenters. The first kappa shape index (κ1) is 21.8. The Morgan fingerprint density at radius 3 is 2.66 bits per heavy atom. The topological polar surface area (TPSA) is 130 Å². The predicted octanol–water partition coefficient (Wildman–Crippen LogP) is 3.42. The summed E-state index contributed by atoms with van der Waals surface area (Å²) in [7, 11) is -3.77. The number of amides is 1. The molecule has 3 N–H and O–H groups in total. The fourth-order valence-corrected chi connectivity index (χ4v) is 4.55. The molecule has 2 heterocycles. The summed E-state index contributed by atoms with van der Waals surface area (Å²) >= 11 is 1.51. The largest absolute Gasteiger partial charge is 0.468 e. The SMILES string of the molecule is O=C(Nc1cccc(S(=O)(=O)NCc2ccco2)c1)c1ccc(CSc2ncn[nH]2)cc1. The molecule has 11 heteroatoms. The highest BCUT2D eigenvalue weighted by molar-refractivity contribution is 7.98. The van der Waals surface area contributed by atoms with Gasteiger partial charge in [0.25, 0.3) is 5.91 Å². The van der Waals surface area contributed by atoms with Gasteiger partial charge in [0.2, 0.25) is 10.0 Å². The minimum Gasteiger partial charge on any atom is -0.468 e. The van der Waals surface area contributed by atoms with Gasteiger partial charge >= 0.3 is 0 Å². The summed E-state index contributed by atoms with van der Waals surface area (Å²) in [6, 6.07) is 16.6. The van der Waals surface area contributed by atoms with Crippen LogP contribution in [0.25, 0.3) is 0 Å². The van der Waals surface area contributed by atoms with E-state index in [0.29, 0.717) is 22.8 Å². The first-order chi connectivity index (χ1) is 15.5. The number of H-pyrrole nitrogens is 1. The zero-order valence-corrected chi connectivity index (χ0v) is 18.3. The average Bonchev–Trinajstić information content (AvgIpc) is 3.51. The van der Waals surface area contributed by atoms with Gasteiger partial charge in [-0.1, -0.05) is 30.0 Å². The number of thioether (sulfide) groups is 1. The van der Waals surface area contributed by atoms with Crippen LogP contribution in [-0.2, 0) is 22.3 Å². The number of anilines is 1. The van der Waals surface area contributed by atoms with Crippen molar-refractivity contribution in [2.45, 2.75) is 22.3 Å². The third kappa shape index (κ3) is 5.63. The first-order valence-electron chi connectivity index (χ1n) is 9.50. The van der Waals surface area contributed by atoms with Crippen LogP contribution in [0.5, 0.6) is 0 Å². The zero-order chi connectivity index (χ0) is 22.4. The summed E-state index contributed by atoms with van der Waals surface area (Å²) in [5, 5.41) is 10.0. The van der Waals surface area contributed by atoms with Gasteiger partial charge in [0.05, 0.1) is 17.7 Å².